The Morgan fingerprint density at radius 1 is 1.69 bits per heavy atom. The van der Waals surface area contributed by atoms with Gasteiger partial charge in [-0.15, -0.1) is 0 Å². The van der Waals surface area contributed by atoms with Crippen LogP contribution in [0.5, 0.6) is 0 Å². The van der Waals surface area contributed by atoms with Crippen molar-refractivity contribution in [2.24, 2.45) is 5.11 Å². The minimum absolute atomic E-state index is 0.201. The molecule has 0 unspecified atom stereocenters. The Kier molecular flexibility index (Phi) is 3.47. The molecule has 0 amide bonds. The van der Waals surface area contributed by atoms with E-state index >= 15 is 0 Å². The van der Waals surface area contributed by atoms with Gasteiger partial charge in [0.05, 0.1) is 5.69 Å². The molecule has 5 heteroatoms. The van der Waals surface area contributed by atoms with Crippen molar-refractivity contribution in [3.63, 3.8) is 0 Å². The van der Waals surface area contributed by atoms with E-state index in [1.807, 2.05) is 0 Å². The molecule has 0 bridgehead atoms. The van der Waals surface area contributed by atoms with Gasteiger partial charge in [-0.25, -0.2) is 4.39 Å². The predicted molar refractivity (Wildman–Crippen MR) is 47.2 cm³/mol. The molecule has 0 saturated carbocycles. The largest absolute Gasteiger partial charge is 0.254 e. The molecule has 0 radical (unpaired) electrons. The Morgan fingerprint density at radius 3 is 3.23 bits per heavy atom. The molecule has 4 nitrogen and oxygen atoms in total. The third kappa shape index (κ3) is 2.92. The van der Waals surface area contributed by atoms with E-state index in [-0.39, 0.29) is 18.1 Å². The van der Waals surface area contributed by atoms with Gasteiger partial charge in [0.15, 0.2) is 0 Å². The maximum absolute atomic E-state index is 12.9. The van der Waals surface area contributed by atoms with Gasteiger partial charge in [-0.05, 0) is 23.7 Å². The lowest BCUT2D eigenvalue weighted by Crippen LogP contribution is -1.85. The van der Waals surface area contributed by atoms with Gasteiger partial charge in [-0.2, -0.15) is 0 Å². The first-order valence-corrected chi connectivity index (χ1v) is 3.62. The molecule has 0 fully saturated rings. The van der Waals surface area contributed by atoms with Crippen LogP contribution in [0.15, 0.2) is 29.5 Å². The number of aromatic nitrogens is 1. The fourth-order valence-electron chi connectivity index (χ4n) is 0.769. The van der Waals surface area contributed by atoms with Crippen molar-refractivity contribution in [3.05, 3.63) is 46.4 Å². The summed E-state index contributed by atoms with van der Waals surface area (Å²) < 4.78 is 12.9. The van der Waals surface area contributed by atoms with E-state index in [1.54, 1.807) is 6.08 Å². The van der Waals surface area contributed by atoms with Gasteiger partial charge in [0, 0.05) is 17.7 Å². The third-order valence-electron chi connectivity index (χ3n) is 1.31. The second-order valence-corrected chi connectivity index (χ2v) is 2.19. The summed E-state index contributed by atoms with van der Waals surface area (Å²) in [7, 11) is 0. The van der Waals surface area contributed by atoms with Crippen LogP contribution >= 0.6 is 0 Å². The SMILES string of the molecule is [N-]=[N+]=NCC=Cc1ncccc1F. The molecule has 1 heterocycles. The second kappa shape index (κ2) is 4.90. The van der Waals surface area contributed by atoms with E-state index < -0.39 is 0 Å². The molecule has 13 heavy (non-hydrogen) atoms. The van der Waals surface area contributed by atoms with Crippen LogP contribution in [0.25, 0.3) is 16.5 Å². The van der Waals surface area contributed by atoms with Crippen molar-refractivity contribution in [1.82, 2.24) is 4.98 Å². The monoisotopic (exact) mass is 178 g/mol. The molecule has 0 N–H and O–H groups in total. The summed E-state index contributed by atoms with van der Waals surface area (Å²) in [6.07, 6.45) is 4.52. The lowest BCUT2D eigenvalue weighted by atomic mass is 10.3. The molecule has 66 valence electrons. The molecule has 0 atom stereocenters. The Labute approximate surface area is 74.4 Å². The van der Waals surface area contributed by atoms with Crippen LogP contribution in [0.3, 0.4) is 0 Å². The van der Waals surface area contributed by atoms with Crippen LogP contribution in [-0.2, 0) is 0 Å². The Balaban J connectivity index is 2.68. The summed E-state index contributed by atoms with van der Waals surface area (Å²) in [5.41, 5.74) is 8.20. The van der Waals surface area contributed by atoms with E-state index in [9.17, 15) is 4.39 Å². The zero-order valence-electron chi connectivity index (χ0n) is 6.76. The Morgan fingerprint density at radius 2 is 2.54 bits per heavy atom. The summed E-state index contributed by atoms with van der Waals surface area (Å²) in [6.45, 7) is 0.201. The molecular formula is C8H7FN4. The molecule has 1 aromatic rings. The topological polar surface area (TPSA) is 61.7 Å². The molecule has 0 aliphatic heterocycles. The average molecular weight is 178 g/mol. The van der Waals surface area contributed by atoms with Crippen LogP contribution in [0, 0.1) is 5.82 Å². The maximum atomic E-state index is 12.9. The highest BCUT2D eigenvalue weighted by Crippen LogP contribution is 2.03. The fraction of sp³-hybridized carbons (Fsp3) is 0.125. The first-order valence-electron chi connectivity index (χ1n) is 3.62. The first kappa shape index (κ1) is 9.22. The summed E-state index contributed by atoms with van der Waals surface area (Å²) in [5.74, 6) is -0.389. The van der Waals surface area contributed by atoms with Gasteiger partial charge < -0.3 is 0 Å². The van der Waals surface area contributed by atoms with Crippen LogP contribution in [0.4, 0.5) is 4.39 Å². The van der Waals surface area contributed by atoms with E-state index in [2.05, 4.69) is 15.0 Å². The maximum Gasteiger partial charge on any atom is 0.148 e. The van der Waals surface area contributed by atoms with Gasteiger partial charge in [-0.1, -0.05) is 11.2 Å². The quantitative estimate of drug-likeness (QED) is 0.398. The van der Waals surface area contributed by atoms with Crippen LogP contribution in [-0.4, -0.2) is 11.5 Å². The molecule has 0 aliphatic rings. The molecule has 1 aromatic heterocycles. The number of nitrogens with zero attached hydrogens (tertiary/aromatic N) is 4. The number of azide groups is 1. The van der Waals surface area contributed by atoms with E-state index in [0.29, 0.717) is 0 Å². The van der Waals surface area contributed by atoms with Crippen LogP contribution in [0.1, 0.15) is 5.69 Å². The smallest absolute Gasteiger partial charge is 0.148 e. The van der Waals surface area contributed by atoms with Crippen molar-refractivity contribution < 1.29 is 4.39 Å². The highest BCUT2D eigenvalue weighted by molar-refractivity contribution is 5.44. The Bertz CT molecular complexity index is 355. The number of hydrogen-bond donors (Lipinski definition) is 0. The summed E-state index contributed by atoms with van der Waals surface area (Å²) in [4.78, 5) is 6.33. The third-order valence-corrected chi connectivity index (χ3v) is 1.31. The number of rotatable bonds is 3. The van der Waals surface area contributed by atoms with E-state index in [0.717, 1.165) is 0 Å². The highest BCUT2D eigenvalue weighted by atomic mass is 19.1. The Hall–Kier alpha value is -1.87. The van der Waals surface area contributed by atoms with Crippen molar-refractivity contribution in [3.8, 4) is 0 Å². The highest BCUT2D eigenvalue weighted by Gasteiger charge is 1.95. The minimum atomic E-state index is -0.389. The van der Waals surface area contributed by atoms with Crippen molar-refractivity contribution in [2.45, 2.75) is 0 Å². The molecule has 0 saturated heterocycles. The number of hydrogen-bond acceptors (Lipinski definition) is 2. The number of pyridine rings is 1. The van der Waals surface area contributed by atoms with Gasteiger partial charge in [0.2, 0.25) is 0 Å². The van der Waals surface area contributed by atoms with Crippen molar-refractivity contribution in [1.29, 1.82) is 0 Å². The lowest BCUT2D eigenvalue weighted by Gasteiger charge is -1.92. The van der Waals surface area contributed by atoms with E-state index in [1.165, 1.54) is 24.4 Å². The van der Waals surface area contributed by atoms with Gasteiger partial charge >= 0.3 is 0 Å². The van der Waals surface area contributed by atoms with Crippen molar-refractivity contribution >= 4 is 6.08 Å². The molecule has 0 aliphatic carbocycles. The number of halogens is 1. The van der Waals surface area contributed by atoms with Gasteiger partial charge in [-0.3, -0.25) is 4.98 Å². The molecule has 0 aromatic carbocycles. The fourth-order valence-corrected chi connectivity index (χ4v) is 0.769. The van der Waals surface area contributed by atoms with Crippen molar-refractivity contribution in [2.75, 3.05) is 6.54 Å². The zero-order valence-corrected chi connectivity index (χ0v) is 6.76. The molecule has 1 rings (SSSR count). The van der Waals surface area contributed by atoms with Gasteiger partial charge in [0.25, 0.3) is 0 Å². The summed E-state index contributed by atoms with van der Waals surface area (Å²) in [5, 5.41) is 3.26. The minimum Gasteiger partial charge on any atom is -0.254 e. The van der Waals surface area contributed by atoms with Crippen LogP contribution in [0.2, 0.25) is 0 Å². The lowest BCUT2D eigenvalue weighted by molar-refractivity contribution is 0.618. The predicted octanol–water partition coefficient (Wildman–Crippen LogP) is 2.54. The van der Waals surface area contributed by atoms with Gasteiger partial charge in [0.1, 0.15) is 5.82 Å². The van der Waals surface area contributed by atoms with Crippen LogP contribution < -0.4 is 0 Å². The summed E-state index contributed by atoms with van der Waals surface area (Å²) >= 11 is 0. The molecule has 0 spiro atoms. The molecular weight excluding hydrogens is 171 g/mol. The standard InChI is InChI=1S/C8H7FN4/c9-7-3-1-5-11-8(7)4-2-6-12-13-10/h1-5H,6H2. The normalized spacial score (nSPS) is 9.92. The van der Waals surface area contributed by atoms with E-state index in [4.69, 9.17) is 5.53 Å². The average Bonchev–Trinajstić information content (AvgIpc) is 2.15. The zero-order chi connectivity index (χ0) is 9.52. The summed E-state index contributed by atoms with van der Waals surface area (Å²) in [6, 6.07) is 2.83. The second-order valence-electron chi connectivity index (χ2n) is 2.19. The first-order chi connectivity index (χ1) is 6.34.